The lowest BCUT2D eigenvalue weighted by molar-refractivity contribution is -0.157. The van der Waals surface area contributed by atoms with Crippen LogP contribution in [-0.2, 0) is 33.8 Å². The Bertz CT molecular complexity index is 2340. The van der Waals surface area contributed by atoms with Gasteiger partial charge in [0.1, 0.15) is 60.6 Å². The van der Waals surface area contributed by atoms with Crippen LogP contribution in [0.3, 0.4) is 0 Å². The first kappa shape index (κ1) is 41.5. The highest BCUT2D eigenvalue weighted by Crippen LogP contribution is 2.34. The van der Waals surface area contributed by atoms with Crippen molar-refractivity contribution >= 4 is 39.6 Å². The molecular formula is C42H50ClN7O6. The van der Waals surface area contributed by atoms with Gasteiger partial charge < -0.3 is 41.7 Å². The van der Waals surface area contributed by atoms with E-state index in [4.69, 9.17) is 23.6 Å². The smallest absolute Gasteiger partial charge is 0.408 e. The van der Waals surface area contributed by atoms with E-state index in [0.717, 1.165) is 56.4 Å². The van der Waals surface area contributed by atoms with Crippen LogP contribution in [0, 0.1) is 0 Å². The fourth-order valence-corrected chi connectivity index (χ4v) is 5.98. The number of rotatable bonds is 12. The van der Waals surface area contributed by atoms with Crippen LogP contribution in [0.15, 0.2) is 83.4 Å². The van der Waals surface area contributed by atoms with Crippen molar-refractivity contribution < 1.29 is 40.6 Å². The maximum absolute atomic E-state index is 12.9. The molecule has 0 radical (unpaired) electrons. The molecule has 2 heterocycles. The predicted molar refractivity (Wildman–Crippen MR) is 212 cm³/mol. The van der Waals surface area contributed by atoms with Crippen LogP contribution in [0.4, 0.5) is 10.5 Å². The van der Waals surface area contributed by atoms with Gasteiger partial charge in [0.05, 0.1) is 12.3 Å². The van der Waals surface area contributed by atoms with Gasteiger partial charge >= 0.3 is 12.1 Å². The van der Waals surface area contributed by atoms with E-state index < -0.39 is 29.3 Å². The van der Waals surface area contributed by atoms with E-state index in [-0.39, 0.29) is 25.4 Å². The molecule has 6 rings (SSSR count). The van der Waals surface area contributed by atoms with E-state index >= 15 is 0 Å². The summed E-state index contributed by atoms with van der Waals surface area (Å²) in [7, 11) is 4.01. The van der Waals surface area contributed by atoms with E-state index in [2.05, 4.69) is 33.1 Å². The van der Waals surface area contributed by atoms with Gasteiger partial charge in [0.2, 0.25) is 5.36 Å². The first-order valence-corrected chi connectivity index (χ1v) is 18.4. The minimum atomic E-state index is -0.927. The normalized spacial score (nSPS) is 12.2. The Morgan fingerprint density at radius 1 is 0.911 bits per heavy atom. The fourth-order valence-electron chi connectivity index (χ4n) is 5.98. The molecular weight excluding hydrogens is 734 g/mol. The van der Waals surface area contributed by atoms with Crippen molar-refractivity contribution in [1.29, 1.82) is 0 Å². The molecule has 0 saturated heterocycles. The number of ether oxygens (including phenoxy) is 3. The van der Waals surface area contributed by atoms with E-state index in [1.807, 2.05) is 90.2 Å². The molecule has 4 aromatic rings. The quantitative estimate of drug-likeness (QED) is 0.0622. The zero-order chi connectivity index (χ0) is 39.3. The lowest BCUT2D eigenvalue weighted by atomic mass is 10.1. The van der Waals surface area contributed by atoms with Gasteiger partial charge in [-0.25, -0.2) is 19.1 Å². The molecule has 296 valence electrons. The van der Waals surface area contributed by atoms with Gasteiger partial charge in [0.15, 0.2) is 11.3 Å². The summed E-state index contributed by atoms with van der Waals surface area (Å²) >= 11 is 0. The molecule has 1 amide bonds. The number of carbonyl (C=O) groups is 2. The number of carbonyl (C=O) groups excluding carboxylic acids is 2. The van der Waals surface area contributed by atoms with Crippen molar-refractivity contribution in [3.05, 3.63) is 95.6 Å². The third kappa shape index (κ3) is 11.0. The van der Waals surface area contributed by atoms with E-state index in [1.165, 1.54) is 0 Å². The average molecular weight is 784 g/mol. The molecule has 3 aromatic carbocycles. The first-order chi connectivity index (χ1) is 26.1. The minimum absolute atomic E-state index is 0. The highest BCUT2D eigenvalue weighted by molar-refractivity contribution is 6.10. The van der Waals surface area contributed by atoms with Gasteiger partial charge in [-0.2, -0.15) is 0 Å². The highest BCUT2D eigenvalue weighted by Gasteiger charge is 2.29. The summed E-state index contributed by atoms with van der Waals surface area (Å²) in [6.07, 6.45) is 2.22. The summed E-state index contributed by atoms with van der Waals surface area (Å²) in [5.41, 5.74) is 3.45. The standard InChI is InChI=1S/C42H49N7O6.ClH/c1-41(2,3)54-39(50)35(45-40(51)55-42(4,5)6)22-27-14-17-30(18-15-27)52-26-28-25-49(47-46-28)21-11-20-43-34-24-37-38(32-13-10-9-12-31(32)34)44-33-19-16-29(48(7)8)23-36(33)53-37;/h9-10,12-19,23-25,35H,11,20-22,26H2,1-8H3,(H,45,51);1H. The molecule has 1 atom stereocenters. The van der Waals surface area contributed by atoms with Gasteiger partial charge in [-0.15, -0.1) is 5.10 Å². The molecule has 0 fully saturated rings. The summed E-state index contributed by atoms with van der Waals surface area (Å²) in [5.74, 6) is 0.828. The number of nitrogens with zero attached hydrogens (tertiary/aromatic N) is 5. The Kier molecular flexibility index (Phi) is 12.9. The third-order valence-corrected chi connectivity index (χ3v) is 8.49. The maximum atomic E-state index is 12.9. The highest BCUT2D eigenvalue weighted by atomic mass is 35.5. The van der Waals surface area contributed by atoms with E-state index in [1.54, 1.807) is 41.5 Å². The number of hydrogen-bond donors (Lipinski definition) is 2. The average Bonchev–Trinajstić information content (AvgIpc) is 3.58. The van der Waals surface area contributed by atoms with Gasteiger partial charge in [-0.1, -0.05) is 41.6 Å². The molecule has 1 aliphatic heterocycles. The zero-order valence-electron chi connectivity index (χ0n) is 33.2. The van der Waals surface area contributed by atoms with Crippen LogP contribution in [0.2, 0.25) is 0 Å². The second kappa shape index (κ2) is 17.4. The molecule has 2 aliphatic rings. The summed E-state index contributed by atoms with van der Waals surface area (Å²) in [6, 6.07) is 22.7. The van der Waals surface area contributed by atoms with Crippen molar-refractivity contribution in [2.75, 3.05) is 26.0 Å². The monoisotopic (exact) mass is 783 g/mol. The van der Waals surface area contributed by atoms with E-state index in [9.17, 15) is 9.59 Å². The SMILES string of the molecule is C[N+](C)=c1ccc2nc3c(cc(NCCCn4cc(COc5ccc(CC(NC(=O)OC(C)(C)C)C(=O)OC(C)(C)C)cc5)nn4)c4ccccc43)oc-2c1.[Cl-]. The summed E-state index contributed by atoms with van der Waals surface area (Å²) in [6.45, 7) is 12.2. The molecule has 0 spiro atoms. The number of fused-ring (bicyclic) bond motifs is 4. The first-order valence-electron chi connectivity index (χ1n) is 18.4. The Hall–Kier alpha value is -5.69. The molecule has 56 heavy (non-hydrogen) atoms. The second-order valence-electron chi connectivity index (χ2n) is 15.7. The number of alkyl carbamates (subject to hydrolysis) is 1. The summed E-state index contributed by atoms with van der Waals surface area (Å²) in [5, 5.41) is 18.0. The lowest BCUT2D eigenvalue weighted by Gasteiger charge is -2.26. The Labute approximate surface area is 332 Å². The number of amides is 1. The Morgan fingerprint density at radius 2 is 1.62 bits per heavy atom. The number of esters is 1. The van der Waals surface area contributed by atoms with Gasteiger partial charge in [-0.05, 0) is 71.7 Å². The van der Waals surface area contributed by atoms with Gasteiger partial charge in [0, 0.05) is 48.1 Å². The van der Waals surface area contributed by atoms with Crippen LogP contribution < -0.4 is 37.7 Å². The van der Waals surface area contributed by atoms with Crippen LogP contribution in [0.25, 0.3) is 33.3 Å². The topological polar surface area (TPSA) is 146 Å². The fraction of sp³-hybridized carbons (Fsp3) is 0.381. The number of nitrogens with one attached hydrogen (secondary N) is 2. The zero-order valence-corrected chi connectivity index (χ0v) is 33.9. The molecule has 0 saturated carbocycles. The number of aryl methyl sites for hydroxylation is 1. The largest absolute Gasteiger partial charge is 1.00 e. The number of benzene rings is 4. The van der Waals surface area contributed by atoms with E-state index in [0.29, 0.717) is 24.5 Å². The lowest BCUT2D eigenvalue weighted by Crippen LogP contribution is -3.00. The van der Waals surface area contributed by atoms with Crippen LogP contribution in [0.1, 0.15) is 59.2 Å². The van der Waals surface area contributed by atoms with Crippen LogP contribution >= 0.6 is 0 Å². The number of anilines is 1. The number of halogens is 1. The Morgan fingerprint density at radius 3 is 2.32 bits per heavy atom. The summed E-state index contributed by atoms with van der Waals surface area (Å²) in [4.78, 5) is 30.4. The Balaban J connectivity index is 0.00000600. The number of aromatic nitrogens is 4. The van der Waals surface area contributed by atoms with Gasteiger partial charge in [0.25, 0.3) is 0 Å². The van der Waals surface area contributed by atoms with Gasteiger partial charge in [-0.3, -0.25) is 4.68 Å². The molecule has 13 nitrogen and oxygen atoms in total. The van der Waals surface area contributed by atoms with Crippen LogP contribution in [0.5, 0.6) is 5.75 Å². The minimum Gasteiger partial charge on any atom is -1.00 e. The predicted octanol–water partition coefficient (Wildman–Crippen LogP) is 3.57. The molecule has 1 unspecified atom stereocenters. The van der Waals surface area contributed by atoms with Crippen molar-refractivity contribution in [3.63, 3.8) is 0 Å². The molecule has 1 aliphatic carbocycles. The maximum Gasteiger partial charge on any atom is 0.408 e. The summed E-state index contributed by atoms with van der Waals surface area (Å²) < 4.78 is 27.1. The molecule has 1 aromatic heterocycles. The van der Waals surface area contributed by atoms with Crippen molar-refractivity contribution in [1.82, 2.24) is 29.9 Å². The molecule has 2 N–H and O–H groups in total. The van der Waals surface area contributed by atoms with Crippen molar-refractivity contribution in [3.8, 4) is 17.2 Å². The third-order valence-electron chi connectivity index (χ3n) is 8.49. The molecule has 14 heteroatoms. The second-order valence-corrected chi connectivity index (χ2v) is 15.7. The van der Waals surface area contributed by atoms with Crippen molar-refractivity contribution in [2.24, 2.45) is 0 Å². The van der Waals surface area contributed by atoms with Crippen molar-refractivity contribution in [2.45, 2.75) is 84.8 Å². The number of hydrogen-bond acceptors (Lipinski definition) is 10. The molecule has 0 bridgehead atoms. The van der Waals surface area contributed by atoms with Crippen LogP contribution in [-0.4, -0.2) is 69.9 Å².